The van der Waals surface area contributed by atoms with Crippen LogP contribution in [0, 0.1) is 5.82 Å². The topological polar surface area (TPSA) is 57.8 Å². The largest absolute Gasteiger partial charge is 0.347 e. The third-order valence-electron chi connectivity index (χ3n) is 4.23. The zero-order valence-electron chi connectivity index (χ0n) is 11.5. The minimum absolute atomic E-state index is 0.0837. The Morgan fingerprint density at radius 1 is 1.33 bits per heavy atom. The van der Waals surface area contributed by atoms with Crippen molar-refractivity contribution in [3.63, 3.8) is 0 Å². The first-order chi connectivity index (χ1) is 10.2. The van der Waals surface area contributed by atoms with Crippen molar-refractivity contribution >= 4 is 5.91 Å². The lowest BCUT2D eigenvalue weighted by Crippen LogP contribution is -2.26. The van der Waals surface area contributed by atoms with E-state index in [2.05, 4.69) is 15.5 Å². The Balaban J connectivity index is 1.39. The van der Waals surface area contributed by atoms with E-state index < -0.39 is 0 Å². The predicted molar refractivity (Wildman–Crippen MR) is 75.6 cm³/mol. The third kappa shape index (κ3) is 2.55. The van der Waals surface area contributed by atoms with Crippen LogP contribution in [-0.2, 0) is 0 Å². The molecule has 2 aliphatic rings. The number of benzene rings is 1. The summed E-state index contributed by atoms with van der Waals surface area (Å²) in [6.45, 7) is 0. The van der Waals surface area contributed by atoms with Crippen molar-refractivity contribution in [1.29, 1.82) is 0 Å². The molecule has 2 saturated carbocycles. The number of H-pyrrole nitrogens is 1. The van der Waals surface area contributed by atoms with Crippen molar-refractivity contribution in [1.82, 2.24) is 15.5 Å². The maximum absolute atomic E-state index is 13.2. The maximum Gasteiger partial charge on any atom is 0.272 e. The SMILES string of the molecule is O=C(N[C@H]1C[C@H]1c1cccc(F)c1)c1cc(C2CC2)[nH]n1. The monoisotopic (exact) mass is 285 g/mol. The molecule has 0 saturated heterocycles. The highest BCUT2D eigenvalue weighted by Gasteiger charge is 2.40. The highest BCUT2D eigenvalue weighted by Crippen LogP contribution is 2.41. The number of aromatic amines is 1. The van der Waals surface area contributed by atoms with Gasteiger partial charge in [-0.1, -0.05) is 12.1 Å². The molecule has 0 unspecified atom stereocenters. The normalized spacial score (nSPS) is 23.9. The average molecular weight is 285 g/mol. The molecular weight excluding hydrogens is 269 g/mol. The molecule has 0 spiro atoms. The molecule has 1 heterocycles. The van der Waals surface area contributed by atoms with Crippen LogP contribution >= 0.6 is 0 Å². The van der Waals surface area contributed by atoms with E-state index in [4.69, 9.17) is 0 Å². The van der Waals surface area contributed by atoms with Gasteiger partial charge in [-0.2, -0.15) is 5.10 Å². The van der Waals surface area contributed by atoms with Gasteiger partial charge in [0.25, 0.3) is 5.91 Å². The Labute approximate surface area is 121 Å². The summed E-state index contributed by atoms with van der Waals surface area (Å²) in [5, 5.41) is 9.97. The number of hydrogen-bond acceptors (Lipinski definition) is 2. The second kappa shape index (κ2) is 4.69. The van der Waals surface area contributed by atoms with Gasteiger partial charge in [-0.3, -0.25) is 9.89 Å². The zero-order valence-corrected chi connectivity index (χ0v) is 11.5. The highest BCUT2D eigenvalue weighted by molar-refractivity contribution is 5.92. The van der Waals surface area contributed by atoms with Gasteiger partial charge >= 0.3 is 0 Å². The van der Waals surface area contributed by atoms with Crippen molar-refractivity contribution in [2.45, 2.75) is 37.1 Å². The van der Waals surface area contributed by atoms with E-state index in [0.717, 1.165) is 17.7 Å². The minimum Gasteiger partial charge on any atom is -0.347 e. The quantitative estimate of drug-likeness (QED) is 0.907. The predicted octanol–water partition coefficient (Wildman–Crippen LogP) is 2.71. The number of nitrogens with zero attached hydrogens (tertiary/aromatic N) is 1. The molecule has 2 aliphatic carbocycles. The van der Waals surface area contributed by atoms with Crippen molar-refractivity contribution in [2.75, 3.05) is 0 Å². The number of halogens is 1. The summed E-state index contributed by atoms with van der Waals surface area (Å²) in [6, 6.07) is 8.50. The van der Waals surface area contributed by atoms with Crippen molar-refractivity contribution in [3.05, 3.63) is 53.1 Å². The molecule has 5 heteroatoms. The van der Waals surface area contributed by atoms with Crippen LogP contribution in [0.25, 0.3) is 0 Å². The summed E-state index contributed by atoms with van der Waals surface area (Å²) in [6.07, 6.45) is 3.20. The summed E-state index contributed by atoms with van der Waals surface area (Å²) < 4.78 is 13.2. The molecule has 2 aromatic rings. The number of aromatic nitrogens is 2. The molecule has 1 aromatic carbocycles. The first-order valence-electron chi connectivity index (χ1n) is 7.32. The molecule has 0 radical (unpaired) electrons. The molecule has 1 aromatic heterocycles. The fourth-order valence-corrected chi connectivity index (χ4v) is 2.76. The second-order valence-electron chi connectivity index (χ2n) is 5.96. The standard InChI is InChI=1S/C16H16FN3O/c17-11-3-1-2-10(6-11)12-7-14(12)18-16(21)15-8-13(19-20-15)9-4-5-9/h1-3,6,8-9,12,14H,4-5,7H2,(H,18,21)(H,19,20)/t12-,14-/m0/s1. The summed E-state index contributed by atoms with van der Waals surface area (Å²) >= 11 is 0. The van der Waals surface area contributed by atoms with Gasteiger partial charge in [0.2, 0.25) is 0 Å². The fourth-order valence-electron chi connectivity index (χ4n) is 2.76. The molecule has 21 heavy (non-hydrogen) atoms. The van der Waals surface area contributed by atoms with Crippen LogP contribution in [-0.4, -0.2) is 22.1 Å². The van der Waals surface area contributed by atoms with Crippen molar-refractivity contribution < 1.29 is 9.18 Å². The Morgan fingerprint density at radius 3 is 2.95 bits per heavy atom. The van der Waals surface area contributed by atoms with E-state index in [1.54, 1.807) is 6.07 Å². The first kappa shape index (κ1) is 12.6. The van der Waals surface area contributed by atoms with Crippen LogP contribution < -0.4 is 5.32 Å². The third-order valence-corrected chi connectivity index (χ3v) is 4.23. The molecule has 1 amide bonds. The minimum atomic E-state index is -0.231. The summed E-state index contributed by atoms with van der Waals surface area (Å²) in [7, 11) is 0. The number of amides is 1. The summed E-state index contributed by atoms with van der Waals surface area (Å²) in [5.41, 5.74) is 2.44. The summed E-state index contributed by atoms with van der Waals surface area (Å²) in [4.78, 5) is 12.1. The van der Waals surface area contributed by atoms with Gasteiger partial charge in [0.05, 0.1) is 0 Å². The molecular formula is C16H16FN3O. The average Bonchev–Trinajstić information content (AvgIpc) is 3.39. The molecule has 108 valence electrons. The number of carbonyl (C=O) groups is 1. The van der Waals surface area contributed by atoms with E-state index in [0.29, 0.717) is 11.6 Å². The van der Waals surface area contributed by atoms with Gasteiger partial charge in [-0.15, -0.1) is 0 Å². The number of hydrogen-bond donors (Lipinski definition) is 2. The lowest BCUT2D eigenvalue weighted by molar-refractivity contribution is 0.0945. The van der Waals surface area contributed by atoms with E-state index >= 15 is 0 Å². The molecule has 2 fully saturated rings. The van der Waals surface area contributed by atoms with Crippen molar-refractivity contribution in [3.8, 4) is 0 Å². The number of carbonyl (C=O) groups excluding carboxylic acids is 1. The molecule has 0 bridgehead atoms. The first-order valence-corrected chi connectivity index (χ1v) is 7.32. The van der Waals surface area contributed by atoms with Gasteiger partial charge in [-0.05, 0) is 43.0 Å². The molecule has 0 aliphatic heterocycles. The van der Waals surface area contributed by atoms with E-state index in [1.807, 2.05) is 12.1 Å². The second-order valence-corrected chi connectivity index (χ2v) is 5.96. The Bertz CT molecular complexity index is 692. The van der Waals surface area contributed by atoms with Crippen LogP contribution in [0.2, 0.25) is 0 Å². The van der Waals surface area contributed by atoms with Gasteiger partial charge in [-0.25, -0.2) is 4.39 Å². The van der Waals surface area contributed by atoms with Crippen molar-refractivity contribution in [2.24, 2.45) is 0 Å². The Hall–Kier alpha value is -2.17. The van der Waals surface area contributed by atoms with Crippen LogP contribution in [0.15, 0.2) is 30.3 Å². The van der Waals surface area contributed by atoms with Gasteiger partial charge < -0.3 is 5.32 Å². The lowest BCUT2D eigenvalue weighted by atomic mass is 10.1. The lowest BCUT2D eigenvalue weighted by Gasteiger charge is -2.03. The number of nitrogens with one attached hydrogen (secondary N) is 2. The zero-order chi connectivity index (χ0) is 14.4. The van der Waals surface area contributed by atoms with Crippen LogP contribution in [0.3, 0.4) is 0 Å². The van der Waals surface area contributed by atoms with E-state index in [-0.39, 0.29) is 23.7 Å². The van der Waals surface area contributed by atoms with Gasteiger partial charge in [0.1, 0.15) is 11.5 Å². The summed E-state index contributed by atoms with van der Waals surface area (Å²) in [5.74, 6) is 0.388. The Kier molecular flexibility index (Phi) is 2.80. The molecule has 4 nitrogen and oxygen atoms in total. The van der Waals surface area contributed by atoms with Gasteiger partial charge in [0, 0.05) is 23.6 Å². The van der Waals surface area contributed by atoms with E-state index in [9.17, 15) is 9.18 Å². The Morgan fingerprint density at radius 2 is 2.19 bits per heavy atom. The fraction of sp³-hybridized carbons (Fsp3) is 0.375. The van der Waals surface area contributed by atoms with Crippen LogP contribution in [0.1, 0.15) is 52.8 Å². The smallest absolute Gasteiger partial charge is 0.272 e. The molecule has 2 atom stereocenters. The van der Waals surface area contributed by atoms with Crippen LogP contribution in [0.5, 0.6) is 0 Å². The van der Waals surface area contributed by atoms with Crippen LogP contribution in [0.4, 0.5) is 4.39 Å². The molecule has 2 N–H and O–H groups in total. The number of rotatable bonds is 4. The highest BCUT2D eigenvalue weighted by atomic mass is 19.1. The maximum atomic E-state index is 13.2. The molecule has 4 rings (SSSR count). The van der Waals surface area contributed by atoms with Gasteiger partial charge in [0.15, 0.2) is 0 Å². The van der Waals surface area contributed by atoms with E-state index in [1.165, 1.54) is 25.0 Å².